The quantitative estimate of drug-likeness (QED) is 0.618. The van der Waals surface area contributed by atoms with Gasteiger partial charge in [0.15, 0.2) is 0 Å². The first-order valence-corrected chi connectivity index (χ1v) is 6.92. The van der Waals surface area contributed by atoms with Gasteiger partial charge in [0.2, 0.25) is 0 Å². The lowest BCUT2D eigenvalue weighted by Gasteiger charge is -2.29. The molecule has 97 valence electrons. The number of unbranched alkanes of at least 4 members (excludes halogenated alkanes) is 1. The summed E-state index contributed by atoms with van der Waals surface area (Å²) in [6, 6.07) is 0. The first-order valence-electron chi connectivity index (χ1n) is 6.10. The number of aromatic nitrogens is 1. The molecule has 1 radical (unpaired) electrons. The first kappa shape index (κ1) is 13.5. The summed E-state index contributed by atoms with van der Waals surface area (Å²) >= 11 is 1.12. The summed E-state index contributed by atoms with van der Waals surface area (Å²) < 4.78 is 1.73. The zero-order chi connectivity index (χ0) is 13.1. The maximum atomic E-state index is 11.9. The van der Waals surface area contributed by atoms with Crippen LogP contribution in [0, 0.1) is 0 Å². The Hall–Kier alpha value is -0.915. The number of hydrogen-bond donors (Lipinski definition) is 1. The Kier molecular flexibility index (Phi) is 4.37. The summed E-state index contributed by atoms with van der Waals surface area (Å²) in [5.41, 5.74) is 0.857. The number of carbonyl (C=O) groups is 1. The molecule has 0 aliphatic carbocycles. The predicted octanol–water partition coefficient (Wildman–Crippen LogP) is 0.368. The molecule has 2 rings (SSSR count). The van der Waals surface area contributed by atoms with E-state index < -0.39 is 6.10 Å². The Bertz CT molecular complexity index is 485. The third-order valence-electron chi connectivity index (χ3n) is 3.10. The van der Waals surface area contributed by atoms with Gasteiger partial charge in [0.1, 0.15) is 6.10 Å². The standard InChI is InChI=1S/C11H16BN2O3S/c1-2-3-4-14-8-5-13(12-7-15)6-9(16)10(8)18-11(14)17/h7,9,16H,2-6H2,1H3. The second-order valence-corrected chi connectivity index (χ2v) is 5.41. The van der Waals surface area contributed by atoms with Crippen LogP contribution < -0.4 is 4.87 Å². The molecule has 0 saturated heterocycles. The molecule has 2 heterocycles. The Morgan fingerprint density at radius 2 is 2.39 bits per heavy atom. The molecule has 5 nitrogen and oxygen atoms in total. The fraction of sp³-hybridized carbons (Fsp3) is 0.636. The van der Waals surface area contributed by atoms with E-state index in [1.54, 1.807) is 9.38 Å². The topological polar surface area (TPSA) is 62.5 Å². The van der Waals surface area contributed by atoms with Crippen LogP contribution >= 0.6 is 11.3 Å². The highest BCUT2D eigenvalue weighted by molar-refractivity contribution is 7.09. The molecule has 0 fully saturated rings. The van der Waals surface area contributed by atoms with Crippen molar-refractivity contribution in [1.82, 2.24) is 9.38 Å². The van der Waals surface area contributed by atoms with Crippen LogP contribution in [0.3, 0.4) is 0 Å². The molecule has 1 N–H and O–H groups in total. The highest BCUT2D eigenvalue weighted by Crippen LogP contribution is 2.28. The highest BCUT2D eigenvalue weighted by Gasteiger charge is 2.28. The van der Waals surface area contributed by atoms with Crippen molar-refractivity contribution in [3.8, 4) is 0 Å². The maximum absolute atomic E-state index is 11.9. The third kappa shape index (κ3) is 2.58. The molecular weight excluding hydrogens is 251 g/mol. The molecule has 0 spiro atoms. The van der Waals surface area contributed by atoms with Crippen LogP contribution in [-0.2, 0) is 17.9 Å². The van der Waals surface area contributed by atoms with Crippen LogP contribution in [0.1, 0.15) is 36.4 Å². The molecule has 1 atom stereocenters. The lowest BCUT2D eigenvalue weighted by atomic mass is 9.91. The molecule has 1 aliphatic heterocycles. The first-order chi connectivity index (χ1) is 8.67. The van der Waals surface area contributed by atoms with Crippen molar-refractivity contribution in [2.24, 2.45) is 0 Å². The van der Waals surface area contributed by atoms with Crippen LogP contribution in [0.5, 0.6) is 0 Å². The van der Waals surface area contributed by atoms with Gasteiger partial charge in [-0.1, -0.05) is 24.7 Å². The number of fused-ring (bicyclic) bond motifs is 1. The third-order valence-corrected chi connectivity index (χ3v) is 4.22. The smallest absolute Gasteiger partial charge is 0.307 e. The lowest BCUT2D eigenvalue weighted by molar-refractivity contribution is 0.133. The van der Waals surface area contributed by atoms with E-state index in [1.807, 2.05) is 0 Å². The summed E-state index contributed by atoms with van der Waals surface area (Å²) in [6.07, 6.45) is 1.99. The van der Waals surface area contributed by atoms with Gasteiger partial charge in [-0.3, -0.25) is 4.79 Å². The summed E-state index contributed by atoms with van der Waals surface area (Å²) in [5, 5.41) is 10.0. The van der Waals surface area contributed by atoms with Crippen molar-refractivity contribution in [2.45, 2.75) is 39.0 Å². The van der Waals surface area contributed by atoms with Gasteiger partial charge in [0, 0.05) is 19.6 Å². The van der Waals surface area contributed by atoms with Gasteiger partial charge in [-0.25, -0.2) is 0 Å². The van der Waals surface area contributed by atoms with E-state index in [2.05, 4.69) is 6.92 Å². The van der Waals surface area contributed by atoms with E-state index in [0.717, 1.165) is 34.7 Å². The Morgan fingerprint density at radius 3 is 3.06 bits per heavy atom. The van der Waals surface area contributed by atoms with E-state index in [9.17, 15) is 14.7 Å². The van der Waals surface area contributed by atoms with E-state index in [1.165, 1.54) is 7.41 Å². The van der Waals surface area contributed by atoms with E-state index in [0.29, 0.717) is 25.8 Å². The van der Waals surface area contributed by atoms with Gasteiger partial charge < -0.3 is 19.3 Å². The number of β-amino-alcohol motifs (C(OH)–C–C–N with tert-alkyl or cyclic N) is 1. The van der Waals surface area contributed by atoms with E-state index >= 15 is 0 Å². The van der Waals surface area contributed by atoms with Gasteiger partial charge in [-0.15, -0.1) is 0 Å². The monoisotopic (exact) mass is 267 g/mol. The number of hydrogen-bond acceptors (Lipinski definition) is 5. The fourth-order valence-corrected chi connectivity index (χ4v) is 3.18. The van der Waals surface area contributed by atoms with Crippen LogP contribution in [0.25, 0.3) is 0 Å². The number of aliphatic hydroxyl groups excluding tert-OH is 1. The summed E-state index contributed by atoms with van der Waals surface area (Å²) in [6.45, 7) is 3.65. The zero-order valence-electron chi connectivity index (χ0n) is 10.3. The van der Waals surface area contributed by atoms with Crippen molar-refractivity contribution < 1.29 is 9.90 Å². The van der Waals surface area contributed by atoms with Gasteiger partial charge in [-0.05, 0) is 6.42 Å². The summed E-state index contributed by atoms with van der Waals surface area (Å²) in [5.74, 6) is 0. The van der Waals surface area contributed by atoms with E-state index in [4.69, 9.17) is 0 Å². The van der Waals surface area contributed by atoms with Crippen molar-refractivity contribution in [2.75, 3.05) is 6.54 Å². The minimum atomic E-state index is -0.675. The van der Waals surface area contributed by atoms with Crippen LogP contribution in [0.2, 0.25) is 0 Å². The lowest BCUT2D eigenvalue weighted by Crippen LogP contribution is -2.37. The van der Waals surface area contributed by atoms with Gasteiger partial charge in [0.05, 0.1) is 16.8 Å². The summed E-state index contributed by atoms with van der Waals surface area (Å²) in [7, 11) is 1.42. The molecule has 1 unspecified atom stereocenters. The molecular formula is C11H16BN2O3S. The zero-order valence-corrected chi connectivity index (χ0v) is 11.2. The second-order valence-electron chi connectivity index (χ2n) is 4.41. The molecule has 0 aromatic carbocycles. The number of nitrogens with zero attached hydrogens (tertiary/aromatic N) is 2. The highest BCUT2D eigenvalue weighted by atomic mass is 32.1. The number of aliphatic hydroxyl groups is 1. The predicted molar refractivity (Wildman–Crippen MR) is 71.4 cm³/mol. The maximum Gasteiger partial charge on any atom is 0.307 e. The summed E-state index contributed by atoms with van der Waals surface area (Å²) in [4.78, 5) is 24.9. The molecule has 0 bridgehead atoms. The second kappa shape index (κ2) is 5.82. The van der Waals surface area contributed by atoms with Crippen molar-refractivity contribution in [1.29, 1.82) is 0 Å². The Morgan fingerprint density at radius 1 is 1.61 bits per heavy atom. The molecule has 1 aromatic rings. The van der Waals surface area contributed by atoms with E-state index in [-0.39, 0.29) is 4.87 Å². The molecule has 1 aliphatic rings. The molecule has 1 aromatic heterocycles. The molecule has 7 heteroatoms. The Balaban J connectivity index is 2.29. The van der Waals surface area contributed by atoms with Gasteiger partial charge >= 0.3 is 4.87 Å². The van der Waals surface area contributed by atoms with Crippen LogP contribution in [0.15, 0.2) is 4.79 Å². The van der Waals surface area contributed by atoms with Crippen LogP contribution in [0.4, 0.5) is 0 Å². The van der Waals surface area contributed by atoms with Crippen LogP contribution in [-0.4, -0.2) is 34.6 Å². The average molecular weight is 267 g/mol. The number of thiazole rings is 1. The van der Waals surface area contributed by atoms with Gasteiger partial charge in [-0.2, -0.15) is 0 Å². The SMILES string of the molecule is CCCCn1c2c(sc1=O)C(O)CN([B]C=O)C2. The van der Waals surface area contributed by atoms with Crippen molar-refractivity contribution in [3.05, 3.63) is 20.2 Å². The minimum absolute atomic E-state index is 0.0135. The normalized spacial score (nSPS) is 19.6. The molecule has 18 heavy (non-hydrogen) atoms. The molecule has 0 amide bonds. The average Bonchev–Trinajstić information content (AvgIpc) is 2.64. The fourth-order valence-electron chi connectivity index (χ4n) is 2.18. The van der Waals surface area contributed by atoms with Crippen molar-refractivity contribution >= 4 is 24.9 Å². The van der Waals surface area contributed by atoms with Crippen molar-refractivity contribution in [3.63, 3.8) is 0 Å². The largest absolute Gasteiger partial charge is 0.386 e. The Labute approximate surface area is 110 Å². The number of rotatable bonds is 5. The minimum Gasteiger partial charge on any atom is -0.386 e. The number of carbonyl (C=O) groups excluding carboxylic acids is 1. The van der Waals surface area contributed by atoms with Gasteiger partial charge in [0.25, 0.3) is 7.41 Å². The molecule has 0 saturated carbocycles.